The molecule has 1 saturated heterocycles. The standard InChI is InChI=1S/C17H19NO3/c19-17(20)16(18-11-15-6-3-9-21-15)14-8-7-12-4-1-2-5-13(12)10-14/h1-2,4-5,7-8,10,15-16,18H,3,6,9,11H2,(H,19,20). The van der Waals surface area contributed by atoms with Crippen LogP contribution in [0.3, 0.4) is 0 Å². The van der Waals surface area contributed by atoms with Gasteiger partial charge in [-0.05, 0) is 35.2 Å². The van der Waals surface area contributed by atoms with E-state index in [-0.39, 0.29) is 6.10 Å². The van der Waals surface area contributed by atoms with E-state index in [0.717, 1.165) is 35.8 Å². The van der Waals surface area contributed by atoms with Crippen LogP contribution in [0.4, 0.5) is 0 Å². The number of rotatable bonds is 5. The van der Waals surface area contributed by atoms with Gasteiger partial charge in [0.15, 0.2) is 0 Å². The monoisotopic (exact) mass is 285 g/mol. The largest absolute Gasteiger partial charge is 0.480 e. The molecule has 3 rings (SSSR count). The van der Waals surface area contributed by atoms with E-state index in [9.17, 15) is 9.90 Å². The summed E-state index contributed by atoms with van der Waals surface area (Å²) >= 11 is 0. The van der Waals surface area contributed by atoms with Gasteiger partial charge >= 0.3 is 5.97 Å². The SMILES string of the molecule is O=C(O)C(NCC1CCCO1)c1ccc2ccccc2c1. The zero-order chi connectivity index (χ0) is 14.7. The maximum absolute atomic E-state index is 11.5. The van der Waals surface area contributed by atoms with Crippen LogP contribution in [0.15, 0.2) is 42.5 Å². The van der Waals surface area contributed by atoms with Crippen LogP contribution in [0.2, 0.25) is 0 Å². The van der Waals surface area contributed by atoms with Gasteiger partial charge in [-0.3, -0.25) is 10.1 Å². The minimum absolute atomic E-state index is 0.132. The van der Waals surface area contributed by atoms with Crippen molar-refractivity contribution in [2.45, 2.75) is 25.0 Å². The maximum Gasteiger partial charge on any atom is 0.325 e. The third-order valence-corrected chi connectivity index (χ3v) is 3.93. The van der Waals surface area contributed by atoms with Crippen molar-refractivity contribution in [3.8, 4) is 0 Å². The summed E-state index contributed by atoms with van der Waals surface area (Å²) in [6, 6.07) is 13.0. The van der Waals surface area contributed by atoms with Crippen LogP contribution >= 0.6 is 0 Å². The van der Waals surface area contributed by atoms with Gasteiger partial charge in [-0.15, -0.1) is 0 Å². The summed E-state index contributed by atoms with van der Waals surface area (Å²) in [5, 5.41) is 14.8. The lowest BCUT2D eigenvalue weighted by atomic mass is 10.0. The maximum atomic E-state index is 11.5. The van der Waals surface area contributed by atoms with Crippen molar-refractivity contribution < 1.29 is 14.6 Å². The Morgan fingerprint density at radius 2 is 2.10 bits per heavy atom. The minimum Gasteiger partial charge on any atom is -0.480 e. The third kappa shape index (κ3) is 3.23. The van der Waals surface area contributed by atoms with Crippen molar-refractivity contribution in [2.24, 2.45) is 0 Å². The topological polar surface area (TPSA) is 58.6 Å². The van der Waals surface area contributed by atoms with Crippen LogP contribution in [0.1, 0.15) is 24.4 Å². The van der Waals surface area contributed by atoms with Crippen LogP contribution in [0, 0.1) is 0 Å². The molecule has 0 aliphatic carbocycles. The highest BCUT2D eigenvalue weighted by atomic mass is 16.5. The number of hydrogen-bond donors (Lipinski definition) is 2. The van der Waals surface area contributed by atoms with E-state index in [1.165, 1.54) is 0 Å². The normalized spacial score (nSPS) is 19.7. The highest BCUT2D eigenvalue weighted by Crippen LogP contribution is 2.21. The van der Waals surface area contributed by atoms with Gasteiger partial charge < -0.3 is 9.84 Å². The van der Waals surface area contributed by atoms with E-state index in [2.05, 4.69) is 5.32 Å². The first-order chi connectivity index (χ1) is 10.2. The first-order valence-corrected chi connectivity index (χ1v) is 7.30. The number of carboxylic acid groups (broad SMARTS) is 1. The molecule has 2 unspecified atom stereocenters. The first-order valence-electron chi connectivity index (χ1n) is 7.30. The fraction of sp³-hybridized carbons (Fsp3) is 0.353. The highest BCUT2D eigenvalue weighted by molar-refractivity contribution is 5.85. The molecule has 2 N–H and O–H groups in total. The van der Waals surface area contributed by atoms with Gasteiger partial charge in [0.05, 0.1) is 6.10 Å². The molecule has 4 nitrogen and oxygen atoms in total. The number of carboxylic acids is 1. The Morgan fingerprint density at radius 1 is 1.29 bits per heavy atom. The van der Waals surface area contributed by atoms with E-state index >= 15 is 0 Å². The van der Waals surface area contributed by atoms with Crippen molar-refractivity contribution in [2.75, 3.05) is 13.2 Å². The second-order valence-corrected chi connectivity index (χ2v) is 5.42. The molecular weight excluding hydrogens is 266 g/mol. The molecule has 0 bridgehead atoms. The Balaban J connectivity index is 1.79. The molecule has 0 amide bonds. The quantitative estimate of drug-likeness (QED) is 0.887. The Labute approximate surface area is 123 Å². The summed E-state index contributed by atoms with van der Waals surface area (Å²) < 4.78 is 5.53. The molecule has 0 radical (unpaired) electrons. The predicted octanol–water partition coefficient (Wildman–Crippen LogP) is 2.73. The van der Waals surface area contributed by atoms with Crippen molar-refractivity contribution >= 4 is 16.7 Å². The molecule has 2 aromatic carbocycles. The number of hydrogen-bond acceptors (Lipinski definition) is 3. The van der Waals surface area contributed by atoms with Gasteiger partial charge in [0, 0.05) is 13.2 Å². The zero-order valence-electron chi connectivity index (χ0n) is 11.8. The van der Waals surface area contributed by atoms with Crippen molar-refractivity contribution in [1.82, 2.24) is 5.32 Å². The summed E-state index contributed by atoms with van der Waals surface area (Å²) in [5.41, 5.74) is 0.777. The number of fused-ring (bicyclic) bond motifs is 1. The first kappa shape index (κ1) is 14.0. The smallest absolute Gasteiger partial charge is 0.325 e. The highest BCUT2D eigenvalue weighted by Gasteiger charge is 2.22. The molecule has 0 saturated carbocycles. The second kappa shape index (κ2) is 6.24. The van der Waals surface area contributed by atoms with Crippen LogP contribution < -0.4 is 5.32 Å². The summed E-state index contributed by atoms with van der Waals surface area (Å²) in [5.74, 6) is -0.858. The molecule has 1 aliphatic heterocycles. The van der Waals surface area contributed by atoms with Gasteiger partial charge in [0.1, 0.15) is 6.04 Å². The molecule has 21 heavy (non-hydrogen) atoms. The van der Waals surface area contributed by atoms with Gasteiger partial charge in [-0.25, -0.2) is 0 Å². The summed E-state index contributed by atoms with van der Waals surface area (Å²) in [6.45, 7) is 1.35. The van der Waals surface area contributed by atoms with E-state index < -0.39 is 12.0 Å². The fourth-order valence-corrected chi connectivity index (χ4v) is 2.79. The molecule has 2 atom stereocenters. The van der Waals surface area contributed by atoms with E-state index in [4.69, 9.17) is 4.74 Å². The van der Waals surface area contributed by atoms with Crippen LogP contribution in [0.5, 0.6) is 0 Å². The van der Waals surface area contributed by atoms with E-state index in [1.807, 2.05) is 42.5 Å². The van der Waals surface area contributed by atoms with E-state index in [1.54, 1.807) is 0 Å². The van der Waals surface area contributed by atoms with Gasteiger partial charge in [-0.1, -0.05) is 36.4 Å². The zero-order valence-corrected chi connectivity index (χ0v) is 11.8. The lowest BCUT2D eigenvalue weighted by molar-refractivity contribution is -0.139. The summed E-state index contributed by atoms with van der Waals surface area (Å²) in [6.07, 6.45) is 2.18. The number of benzene rings is 2. The average Bonchev–Trinajstić information content (AvgIpc) is 3.00. The third-order valence-electron chi connectivity index (χ3n) is 3.93. The van der Waals surface area contributed by atoms with Crippen LogP contribution in [0.25, 0.3) is 10.8 Å². The molecular formula is C17H19NO3. The second-order valence-electron chi connectivity index (χ2n) is 5.42. The van der Waals surface area contributed by atoms with Crippen LogP contribution in [-0.4, -0.2) is 30.3 Å². The number of carbonyl (C=O) groups is 1. The summed E-state index contributed by atoms with van der Waals surface area (Å²) in [7, 11) is 0. The van der Waals surface area contributed by atoms with Crippen molar-refractivity contribution in [3.05, 3.63) is 48.0 Å². The minimum atomic E-state index is -0.858. The van der Waals surface area contributed by atoms with E-state index in [0.29, 0.717) is 6.54 Å². The van der Waals surface area contributed by atoms with Crippen molar-refractivity contribution in [1.29, 1.82) is 0 Å². The number of ether oxygens (including phenoxy) is 1. The van der Waals surface area contributed by atoms with Gasteiger partial charge in [0.25, 0.3) is 0 Å². The fourth-order valence-electron chi connectivity index (χ4n) is 2.79. The molecule has 0 spiro atoms. The molecule has 0 aromatic heterocycles. The van der Waals surface area contributed by atoms with Gasteiger partial charge in [-0.2, -0.15) is 0 Å². The Kier molecular flexibility index (Phi) is 4.18. The predicted molar refractivity (Wildman–Crippen MR) is 81.3 cm³/mol. The lowest BCUT2D eigenvalue weighted by Crippen LogP contribution is -2.34. The molecule has 1 fully saturated rings. The van der Waals surface area contributed by atoms with Crippen molar-refractivity contribution in [3.63, 3.8) is 0 Å². The van der Waals surface area contributed by atoms with Gasteiger partial charge in [0.2, 0.25) is 0 Å². The van der Waals surface area contributed by atoms with Crippen LogP contribution in [-0.2, 0) is 9.53 Å². The molecule has 4 heteroatoms. The Morgan fingerprint density at radius 3 is 2.81 bits per heavy atom. The number of aliphatic carboxylic acids is 1. The molecule has 1 heterocycles. The Hall–Kier alpha value is -1.91. The lowest BCUT2D eigenvalue weighted by Gasteiger charge is -2.18. The molecule has 1 aliphatic rings. The number of nitrogens with one attached hydrogen (secondary N) is 1. The Bertz CT molecular complexity index is 635. The average molecular weight is 285 g/mol. The molecule has 110 valence electrons. The molecule has 2 aromatic rings. The summed E-state index contributed by atoms with van der Waals surface area (Å²) in [4.78, 5) is 11.5.